The minimum Gasteiger partial charge on any atom is -0.352 e. The van der Waals surface area contributed by atoms with Crippen LogP contribution in [0.4, 0.5) is 16.0 Å². The number of nitrogens with one attached hydrogen (secondary N) is 2. The molecule has 0 unspecified atom stereocenters. The van der Waals surface area contributed by atoms with E-state index in [9.17, 15) is 14.0 Å². The minimum atomic E-state index is -0.325. The quantitative estimate of drug-likeness (QED) is 0.615. The number of amides is 1. The fourth-order valence-electron chi connectivity index (χ4n) is 2.54. The summed E-state index contributed by atoms with van der Waals surface area (Å²) in [6.07, 6.45) is 3.23. The van der Waals surface area contributed by atoms with Gasteiger partial charge in [-0.3, -0.25) is 9.59 Å². The zero-order valence-corrected chi connectivity index (χ0v) is 15.3. The number of ketones is 1. The third-order valence-electron chi connectivity index (χ3n) is 4.10. The van der Waals surface area contributed by atoms with E-state index in [-0.39, 0.29) is 17.5 Å². The maximum atomic E-state index is 13.6. The van der Waals surface area contributed by atoms with Crippen LogP contribution in [-0.4, -0.2) is 28.2 Å². The summed E-state index contributed by atoms with van der Waals surface area (Å²) in [4.78, 5) is 31.7. The van der Waals surface area contributed by atoms with Crippen LogP contribution in [0.3, 0.4) is 0 Å². The van der Waals surface area contributed by atoms with Crippen LogP contribution >= 0.6 is 0 Å². The van der Waals surface area contributed by atoms with Gasteiger partial charge < -0.3 is 10.6 Å². The lowest BCUT2D eigenvalue weighted by atomic mass is 10.1. The average molecular weight is 378 g/mol. The van der Waals surface area contributed by atoms with E-state index in [1.807, 2.05) is 0 Å². The molecule has 0 aliphatic heterocycles. The molecule has 1 amide bonds. The van der Waals surface area contributed by atoms with E-state index in [2.05, 4.69) is 20.6 Å². The number of carbonyl (C=O) groups is 2. The van der Waals surface area contributed by atoms with Crippen molar-refractivity contribution in [1.82, 2.24) is 15.3 Å². The number of hydrogen-bond donors (Lipinski definition) is 2. The highest BCUT2D eigenvalue weighted by molar-refractivity contribution is 5.94. The number of Topliss-reactive ketones (excluding diaryl/α,β-unsaturated/α-hetero) is 1. The number of aromatic nitrogens is 2. The summed E-state index contributed by atoms with van der Waals surface area (Å²) >= 11 is 0. The zero-order chi connectivity index (χ0) is 19.9. The second-order valence-corrected chi connectivity index (χ2v) is 6.15. The van der Waals surface area contributed by atoms with Gasteiger partial charge in [-0.05, 0) is 49.2 Å². The Hall–Kier alpha value is -3.61. The van der Waals surface area contributed by atoms with Gasteiger partial charge in [0.2, 0.25) is 5.95 Å². The molecule has 142 valence electrons. The van der Waals surface area contributed by atoms with Crippen LogP contribution in [0, 0.1) is 5.82 Å². The maximum absolute atomic E-state index is 13.6. The highest BCUT2D eigenvalue weighted by Gasteiger charge is 2.08. The van der Waals surface area contributed by atoms with E-state index in [1.54, 1.807) is 42.5 Å². The third kappa shape index (κ3) is 4.97. The summed E-state index contributed by atoms with van der Waals surface area (Å²) in [5, 5.41) is 5.72. The van der Waals surface area contributed by atoms with Crippen molar-refractivity contribution in [2.75, 3.05) is 11.9 Å². The fourth-order valence-corrected chi connectivity index (χ4v) is 2.54. The van der Waals surface area contributed by atoms with Crippen molar-refractivity contribution in [2.24, 2.45) is 0 Å². The highest BCUT2D eigenvalue weighted by atomic mass is 19.1. The van der Waals surface area contributed by atoms with Crippen molar-refractivity contribution in [3.8, 4) is 0 Å². The molecule has 0 saturated heterocycles. The van der Waals surface area contributed by atoms with E-state index in [1.165, 1.54) is 25.4 Å². The lowest BCUT2D eigenvalue weighted by Gasteiger charge is -2.07. The minimum absolute atomic E-state index is 0.00633. The van der Waals surface area contributed by atoms with Crippen LogP contribution in [0.1, 0.15) is 33.2 Å². The Morgan fingerprint density at radius 1 is 0.964 bits per heavy atom. The van der Waals surface area contributed by atoms with Gasteiger partial charge in [-0.2, -0.15) is 0 Å². The van der Waals surface area contributed by atoms with Crippen LogP contribution in [0.15, 0.2) is 60.9 Å². The predicted molar refractivity (Wildman–Crippen MR) is 104 cm³/mol. The fraction of sp³-hybridized carbons (Fsp3) is 0.143. The van der Waals surface area contributed by atoms with Crippen LogP contribution in [0.25, 0.3) is 0 Å². The second-order valence-electron chi connectivity index (χ2n) is 6.15. The molecule has 28 heavy (non-hydrogen) atoms. The Labute approximate surface area is 161 Å². The van der Waals surface area contributed by atoms with Gasteiger partial charge in [0.25, 0.3) is 5.91 Å². The standard InChI is InChI=1S/C21H19FN4O2/c1-14(27)15-6-8-18(9-7-15)26-21-24-12-17(13-25-21)20(28)23-11-10-16-4-2-3-5-19(16)22/h2-9,12-13H,10-11H2,1H3,(H,23,28)(H,24,25,26). The largest absolute Gasteiger partial charge is 0.352 e. The Morgan fingerprint density at radius 3 is 2.29 bits per heavy atom. The lowest BCUT2D eigenvalue weighted by Crippen LogP contribution is -2.26. The first-order valence-electron chi connectivity index (χ1n) is 8.74. The van der Waals surface area contributed by atoms with Gasteiger partial charge in [-0.1, -0.05) is 18.2 Å². The lowest BCUT2D eigenvalue weighted by molar-refractivity contribution is 0.0952. The van der Waals surface area contributed by atoms with Crippen molar-refractivity contribution in [1.29, 1.82) is 0 Å². The molecule has 2 aromatic carbocycles. The second kappa shape index (κ2) is 8.85. The summed E-state index contributed by atoms with van der Waals surface area (Å²) in [7, 11) is 0. The van der Waals surface area contributed by atoms with E-state index < -0.39 is 0 Å². The molecule has 0 fully saturated rings. The van der Waals surface area contributed by atoms with Gasteiger partial charge in [0.15, 0.2) is 5.78 Å². The van der Waals surface area contributed by atoms with Gasteiger partial charge in [0.05, 0.1) is 5.56 Å². The molecule has 6 nitrogen and oxygen atoms in total. The Bertz CT molecular complexity index is 972. The van der Waals surface area contributed by atoms with Gasteiger partial charge in [-0.15, -0.1) is 0 Å². The summed E-state index contributed by atoms with van der Waals surface area (Å²) in [5.41, 5.74) is 2.21. The molecular weight excluding hydrogens is 359 g/mol. The molecule has 3 rings (SSSR count). The zero-order valence-electron chi connectivity index (χ0n) is 15.3. The first-order chi connectivity index (χ1) is 13.5. The first kappa shape index (κ1) is 19.2. The normalized spacial score (nSPS) is 10.4. The number of carbonyl (C=O) groups excluding carboxylic acids is 2. The van der Waals surface area contributed by atoms with Gasteiger partial charge >= 0.3 is 0 Å². The summed E-state index contributed by atoms with van der Waals surface area (Å²) in [5.74, 6) is -0.285. The molecule has 1 aromatic heterocycles. The number of hydrogen-bond acceptors (Lipinski definition) is 5. The number of rotatable bonds is 7. The molecule has 0 spiro atoms. The number of nitrogens with zero attached hydrogens (tertiary/aromatic N) is 2. The Kier molecular flexibility index (Phi) is 6.06. The van der Waals surface area contributed by atoms with Gasteiger partial charge in [-0.25, -0.2) is 14.4 Å². The smallest absolute Gasteiger partial charge is 0.254 e. The van der Waals surface area contributed by atoms with E-state index in [4.69, 9.17) is 0 Å². The Morgan fingerprint density at radius 2 is 1.64 bits per heavy atom. The van der Waals surface area contributed by atoms with Crippen molar-refractivity contribution in [2.45, 2.75) is 13.3 Å². The van der Waals surface area contributed by atoms with Gasteiger partial charge in [0.1, 0.15) is 5.82 Å². The number of halogens is 1. The van der Waals surface area contributed by atoms with E-state index >= 15 is 0 Å². The topological polar surface area (TPSA) is 84.0 Å². The summed E-state index contributed by atoms with van der Waals surface area (Å²) in [6.45, 7) is 1.81. The molecule has 0 radical (unpaired) electrons. The van der Waals surface area contributed by atoms with E-state index in [0.29, 0.717) is 35.6 Å². The maximum Gasteiger partial charge on any atom is 0.254 e. The molecule has 2 N–H and O–H groups in total. The molecular formula is C21H19FN4O2. The highest BCUT2D eigenvalue weighted by Crippen LogP contribution is 2.14. The number of benzene rings is 2. The SMILES string of the molecule is CC(=O)c1ccc(Nc2ncc(C(=O)NCCc3ccccc3F)cn2)cc1. The summed E-state index contributed by atoms with van der Waals surface area (Å²) in [6, 6.07) is 13.4. The third-order valence-corrected chi connectivity index (χ3v) is 4.10. The molecule has 0 saturated carbocycles. The molecule has 7 heteroatoms. The number of anilines is 2. The first-order valence-corrected chi connectivity index (χ1v) is 8.74. The molecule has 3 aromatic rings. The molecule has 0 atom stereocenters. The molecule has 0 aliphatic rings. The van der Waals surface area contributed by atoms with Crippen molar-refractivity contribution in [3.05, 3.63) is 83.4 Å². The van der Waals surface area contributed by atoms with Crippen LogP contribution in [0.2, 0.25) is 0 Å². The van der Waals surface area contributed by atoms with Crippen molar-refractivity contribution < 1.29 is 14.0 Å². The van der Waals surface area contributed by atoms with Crippen LogP contribution < -0.4 is 10.6 Å². The molecule has 0 bridgehead atoms. The average Bonchev–Trinajstić information content (AvgIpc) is 2.70. The van der Waals surface area contributed by atoms with Crippen LogP contribution in [-0.2, 0) is 6.42 Å². The van der Waals surface area contributed by atoms with Crippen LogP contribution in [0.5, 0.6) is 0 Å². The summed E-state index contributed by atoms with van der Waals surface area (Å²) < 4.78 is 13.6. The Balaban J connectivity index is 1.53. The molecule has 0 aliphatic carbocycles. The van der Waals surface area contributed by atoms with Gasteiger partial charge in [0, 0.05) is 30.2 Å². The monoisotopic (exact) mass is 378 g/mol. The van der Waals surface area contributed by atoms with Crippen molar-refractivity contribution >= 4 is 23.3 Å². The van der Waals surface area contributed by atoms with E-state index in [0.717, 1.165) is 5.69 Å². The predicted octanol–water partition coefficient (Wildman–Crippen LogP) is 3.53. The molecule has 1 heterocycles. The van der Waals surface area contributed by atoms with Crippen molar-refractivity contribution in [3.63, 3.8) is 0 Å².